The zero-order chi connectivity index (χ0) is 12.7. The Morgan fingerprint density at radius 3 is 2.59 bits per heavy atom. The number of hydrogen-bond acceptors (Lipinski definition) is 4. The number of nitrogens with one attached hydrogen (secondary N) is 1. The van der Waals surface area contributed by atoms with Gasteiger partial charge in [-0.2, -0.15) is 0 Å². The summed E-state index contributed by atoms with van der Waals surface area (Å²) in [4.78, 5) is 11.1. The molecule has 5 nitrogen and oxygen atoms in total. The van der Waals surface area contributed by atoms with Crippen LogP contribution in [0.5, 0.6) is 0 Å². The second-order valence-corrected chi connectivity index (χ2v) is 3.68. The third kappa shape index (κ3) is 4.42. The molecular weight excluding hydrogens is 222 g/mol. The highest BCUT2D eigenvalue weighted by atomic mass is 16.5. The largest absolute Gasteiger partial charge is 0.453 e. The topological polar surface area (TPSA) is 78.8 Å². The van der Waals surface area contributed by atoms with Crippen LogP contribution in [-0.4, -0.2) is 42.2 Å². The van der Waals surface area contributed by atoms with Crippen molar-refractivity contribution in [1.82, 2.24) is 5.32 Å². The molecule has 0 saturated heterocycles. The van der Waals surface area contributed by atoms with Gasteiger partial charge < -0.3 is 20.3 Å². The fourth-order valence-corrected chi connectivity index (χ4v) is 1.49. The van der Waals surface area contributed by atoms with E-state index in [1.165, 1.54) is 7.11 Å². The smallest absolute Gasteiger partial charge is 0.407 e. The minimum Gasteiger partial charge on any atom is -0.453 e. The van der Waals surface area contributed by atoms with Crippen molar-refractivity contribution in [1.29, 1.82) is 0 Å². The molecule has 1 rings (SSSR count). The summed E-state index contributed by atoms with van der Waals surface area (Å²) in [6, 6.07) is 8.82. The van der Waals surface area contributed by atoms with Crippen LogP contribution in [0.15, 0.2) is 30.3 Å². The number of aliphatic hydroxyl groups is 2. The van der Waals surface area contributed by atoms with Gasteiger partial charge in [0, 0.05) is 0 Å². The molecular formula is C12H17NO4. The lowest BCUT2D eigenvalue weighted by Gasteiger charge is -2.22. The summed E-state index contributed by atoms with van der Waals surface area (Å²) >= 11 is 0. The quantitative estimate of drug-likeness (QED) is 0.691. The summed E-state index contributed by atoms with van der Waals surface area (Å²) in [7, 11) is 1.25. The van der Waals surface area contributed by atoms with Gasteiger partial charge >= 0.3 is 6.09 Å². The van der Waals surface area contributed by atoms with Gasteiger partial charge in [-0.05, 0) is 12.0 Å². The molecule has 0 saturated carbocycles. The Morgan fingerprint density at radius 2 is 2.06 bits per heavy atom. The van der Waals surface area contributed by atoms with Crippen molar-refractivity contribution in [2.75, 3.05) is 13.7 Å². The van der Waals surface area contributed by atoms with Gasteiger partial charge in [0.25, 0.3) is 0 Å². The van der Waals surface area contributed by atoms with Gasteiger partial charge in [0.05, 0.1) is 25.9 Å². The van der Waals surface area contributed by atoms with Crippen LogP contribution in [0, 0.1) is 0 Å². The molecule has 17 heavy (non-hydrogen) atoms. The van der Waals surface area contributed by atoms with E-state index in [1.54, 1.807) is 0 Å². The SMILES string of the molecule is COC(=O)N[C@@H](Cc1ccccc1)[C@H](O)CO. The van der Waals surface area contributed by atoms with Crippen molar-refractivity contribution >= 4 is 6.09 Å². The van der Waals surface area contributed by atoms with E-state index in [-0.39, 0.29) is 0 Å². The molecule has 0 spiro atoms. The predicted molar refractivity (Wildman–Crippen MR) is 62.6 cm³/mol. The molecule has 0 fully saturated rings. The van der Waals surface area contributed by atoms with Crippen LogP contribution in [0.3, 0.4) is 0 Å². The molecule has 0 radical (unpaired) electrons. The predicted octanol–water partition coefficient (Wildman–Crippen LogP) is 0.307. The van der Waals surface area contributed by atoms with E-state index in [0.29, 0.717) is 6.42 Å². The lowest BCUT2D eigenvalue weighted by molar-refractivity contribution is 0.0605. The first-order valence-electron chi connectivity index (χ1n) is 5.34. The molecule has 0 bridgehead atoms. The molecule has 94 valence electrons. The van der Waals surface area contributed by atoms with Crippen molar-refractivity contribution in [3.05, 3.63) is 35.9 Å². The highest BCUT2D eigenvalue weighted by molar-refractivity contribution is 5.67. The van der Waals surface area contributed by atoms with E-state index in [9.17, 15) is 9.90 Å². The molecule has 0 unspecified atom stereocenters. The number of carbonyl (C=O) groups is 1. The van der Waals surface area contributed by atoms with E-state index in [0.717, 1.165) is 5.56 Å². The molecule has 5 heteroatoms. The average molecular weight is 239 g/mol. The van der Waals surface area contributed by atoms with Crippen molar-refractivity contribution < 1.29 is 19.7 Å². The Labute approximate surface area is 100 Å². The van der Waals surface area contributed by atoms with E-state index in [4.69, 9.17) is 5.11 Å². The first-order valence-corrected chi connectivity index (χ1v) is 5.34. The Kier molecular flexibility index (Phi) is 5.45. The molecule has 0 aliphatic carbocycles. The Bertz CT molecular complexity index is 342. The summed E-state index contributed by atoms with van der Waals surface area (Å²) in [5.74, 6) is 0. The zero-order valence-electron chi connectivity index (χ0n) is 9.67. The number of ether oxygens (including phenoxy) is 1. The number of aliphatic hydroxyl groups excluding tert-OH is 2. The molecule has 2 atom stereocenters. The lowest BCUT2D eigenvalue weighted by Crippen LogP contribution is -2.46. The molecule has 1 aromatic carbocycles. The van der Waals surface area contributed by atoms with Gasteiger partial charge in [-0.3, -0.25) is 0 Å². The number of rotatable bonds is 5. The summed E-state index contributed by atoms with van der Waals surface area (Å²) in [6.45, 7) is -0.415. The molecule has 0 aliphatic heterocycles. The number of methoxy groups -OCH3 is 1. The fourth-order valence-electron chi connectivity index (χ4n) is 1.49. The Balaban J connectivity index is 2.67. The molecule has 3 N–H and O–H groups in total. The average Bonchev–Trinajstić information content (AvgIpc) is 2.38. The van der Waals surface area contributed by atoms with Crippen LogP contribution in [0.1, 0.15) is 5.56 Å². The number of hydrogen-bond donors (Lipinski definition) is 3. The highest BCUT2D eigenvalue weighted by Crippen LogP contribution is 2.06. The molecule has 1 amide bonds. The van der Waals surface area contributed by atoms with Gasteiger partial charge in [0.2, 0.25) is 0 Å². The van der Waals surface area contributed by atoms with Crippen LogP contribution in [0.4, 0.5) is 4.79 Å². The normalized spacial score (nSPS) is 13.8. The number of benzene rings is 1. The van der Waals surface area contributed by atoms with Crippen LogP contribution < -0.4 is 5.32 Å². The van der Waals surface area contributed by atoms with Crippen molar-refractivity contribution in [3.63, 3.8) is 0 Å². The second kappa shape index (κ2) is 6.88. The third-order valence-electron chi connectivity index (χ3n) is 2.44. The van der Waals surface area contributed by atoms with Crippen molar-refractivity contribution in [2.45, 2.75) is 18.6 Å². The number of carbonyl (C=O) groups excluding carboxylic acids is 1. The molecule has 0 heterocycles. The lowest BCUT2D eigenvalue weighted by atomic mass is 10.0. The summed E-state index contributed by atoms with van der Waals surface area (Å²) in [5.41, 5.74) is 0.960. The third-order valence-corrected chi connectivity index (χ3v) is 2.44. The zero-order valence-corrected chi connectivity index (χ0v) is 9.67. The van der Waals surface area contributed by atoms with E-state index < -0.39 is 24.8 Å². The van der Waals surface area contributed by atoms with Gasteiger partial charge in [0.1, 0.15) is 0 Å². The van der Waals surface area contributed by atoms with E-state index in [1.807, 2.05) is 30.3 Å². The first-order chi connectivity index (χ1) is 8.17. The Morgan fingerprint density at radius 1 is 1.41 bits per heavy atom. The van der Waals surface area contributed by atoms with Crippen LogP contribution in [0.2, 0.25) is 0 Å². The number of alkyl carbamates (subject to hydrolysis) is 1. The summed E-state index contributed by atoms with van der Waals surface area (Å²) in [5, 5.41) is 21.0. The van der Waals surface area contributed by atoms with E-state index in [2.05, 4.69) is 10.1 Å². The summed E-state index contributed by atoms with van der Waals surface area (Å²) < 4.78 is 4.47. The monoisotopic (exact) mass is 239 g/mol. The maximum absolute atomic E-state index is 11.1. The van der Waals surface area contributed by atoms with E-state index >= 15 is 0 Å². The minimum absolute atomic E-state index is 0.415. The van der Waals surface area contributed by atoms with Crippen LogP contribution in [-0.2, 0) is 11.2 Å². The molecule has 1 aromatic rings. The van der Waals surface area contributed by atoms with Gasteiger partial charge in [0.15, 0.2) is 0 Å². The second-order valence-electron chi connectivity index (χ2n) is 3.68. The van der Waals surface area contributed by atoms with Crippen LogP contribution in [0.25, 0.3) is 0 Å². The highest BCUT2D eigenvalue weighted by Gasteiger charge is 2.21. The maximum atomic E-state index is 11.1. The maximum Gasteiger partial charge on any atom is 0.407 e. The molecule has 0 aromatic heterocycles. The minimum atomic E-state index is -1.02. The van der Waals surface area contributed by atoms with Crippen molar-refractivity contribution in [3.8, 4) is 0 Å². The summed E-state index contributed by atoms with van der Waals surface area (Å²) in [6.07, 6.45) is -1.22. The van der Waals surface area contributed by atoms with Crippen LogP contribution >= 0.6 is 0 Å². The first kappa shape index (κ1) is 13.5. The fraction of sp³-hybridized carbons (Fsp3) is 0.417. The standard InChI is InChI=1S/C12H17NO4/c1-17-12(16)13-10(11(15)8-14)7-9-5-3-2-4-6-9/h2-6,10-11,14-15H,7-8H2,1H3,(H,13,16)/t10-,11+/m0/s1. The Hall–Kier alpha value is -1.59. The van der Waals surface area contributed by atoms with Crippen molar-refractivity contribution in [2.24, 2.45) is 0 Å². The van der Waals surface area contributed by atoms with Gasteiger partial charge in [-0.25, -0.2) is 4.79 Å². The van der Waals surface area contributed by atoms with Gasteiger partial charge in [-0.15, -0.1) is 0 Å². The van der Waals surface area contributed by atoms with Gasteiger partial charge in [-0.1, -0.05) is 30.3 Å². The number of amides is 1. The molecule has 0 aliphatic rings.